The Morgan fingerprint density at radius 3 is 2.55 bits per heavy atom. The number of nitrogen functional groups attached to an aromatic ring is 2. The Hall–Kier alpha value is -3.33. The molecule has 0 aliphatic carbocycles. The Morgan fingerprint density at radius 1 is 1.10 bits per heavy atom. The van der Waals surface area contributed by atoms with Gasteiger partial charge in [-0.05, 0) is 36.8 Å². The van der Waals surface area contributed by atoms with Gasteiger partial charge < -0.3 is 26.3 Å². The number of benzene rings is 2. The summed E-state index contributed by atoms with van der Waals surface area (Å²) in [5.74, 6) is 1.51. The molecule has 1 aromatic heterocycles. The lowest BCUT2D eigenvalue weighted by atomic mass is 10.0. The number of aromatic nitrogens is 2. The number of aryl methyl sites for hydroxylation is 1. The van der Waals surface area contributed by atoms with Gasteiger partial charge in [-0.2, -0.15) is 0 Å². The highest BCUT2D eigenvalue weighted by molar-refractivity contribution is 7.85. The molecule has 0 atom stereocenters. The molecular weight excluding hydrogens is 412 g/mol. The number of nitrogens with one attached hydrogen (secondary N) is 1. The first kappa shape index (κ1) is 20.9. The minimum atomic E-state index is -0.747. The topological polar surface area (TPSA) is 119 Å². The number of hydrogen-bond donors (Lipinski definition) is 3. The maximum absolute atomic E-state index is 12.7. The van der Waals surface area contributed by atoms with Crippen LogP contribution in [0.25, 0.3) is 11.3 Å². The van der Waals surface area contributed by atoms with Crippen LogP contribution in [0.4, 0.5) is 28.6 Å². The maximum Gasteiger partial charge on any atom is 0.293 e. The lowest BCUT2D eigenvalue weighted by Gasteiger charge is -2.29. The highest BCUT2D eigenvalue weighted by atomic mass is 32.2. The molecule has 9 heteroatoms. The predicted octanol–water partition coefficient (Wildman–Crippen LogP) is 2.23. The van der Waals surface area contributed by atoms with Crippen LogP contribution in [-0.4, -0.2) is 38.4 Å². The van der Waals surface area contributed by atoms with Crippen LogP contribution in [0.15, 0.2) is 47.4 Å². The van der Waals surface area contributed by atoms with E-state index in [9.17, 15) is 9.00 Å². The second-order valence-electron chi connectivity index (χ2n) is 7.64. The van der Waals surface area contributed by atoms with Crippen LogP contribution in [0.2, 0.25) is 0 Å². The first-order valence-corrected chi connectivity index (χ1v) is 11.5. The molecule has 31 heavy (non-hydrogen) atoms. The lowest BCUT2D eigenvalue weighted by Crippen LogP contribution is -2.38. The molecule has 1 aliphatic heterocycles. The maximum atomic E-state index is 12.7. The van der Waals surface area contributed by atoms with Crippen molar-refractivity contribution in [2.24, 2.45) is 7.05 Å². The summed E-state index contributed by atoms with van der Waals surface area (Å²) in [5, 5.41) is 3.11. The third-order valence-corrected chi connectivity index (χ3v) is 6.81. The molecule has 0 saturated carbocycles. The van der Waals surface area contributed by atoms with Crippen molar-refractivity contribution < 1.29 is 4.21 Å². The molecule has 0 unspecified atom stereocenters. The van der Waals surface area contributed by atoms with Crippen LogP contribution in [0, 0.1) is 6.92 Å². The zero-order chi connectivity index (χ0) is 22.1. The van der Waals surface area contributed by atoms with Crippen molar-refractivity contribution >= 4 is 39.4 Å². The summed E-state index contributed by atoms with van der Waals surface area (Å²) in [6, 6.07) is 11.2. The molecular formula is C22H26N6O2S. The molecule has 0 bridgehead atoms. The van der Waals surface area contributed by atoms with E-state index in [0.29, 0.717) is 47.4 Å². The van der Waals surface area contributed by atoms with Crippen molar-refractivity contribution in [1.82, 2.24) is 9.55 Å². The standard InChI is InChI=1S/C22H26N6O2S/c1-14-16(4-3-5-17(14)23)19-13-27(2)22(29)21(26-19)25-15-6-7-20(18(24)12-15)28-8-10-31(30)11-9-28/h3-7,12-13H,8-11,23-24H2,1-2H3,(H,25,26). The number of anilines is 5. The quantitative estimate of drug-likeness (QED) is 0.534. The summed E-state index contributed by atoms with van der Waals surface area (Å²) in [4.78, 5) is 19.4. The monoisotopic (exact) mass is 438 g/mol. The zero-order valence-corrected chi connectivity index (χ0v) is 18.4. The zero-order valence-electron chi connectivity index (χ0n) is 17.6. The molecule has 0 amide bonds. The summed E-state index contributed by atoms with van der Waals surface area (Å²) in [5.41, 5.74) is 17.4. The second-order valence-corrected chi connectivity index (χ2v) is 9.34. The Labute approximate surface area is 183 Å². The third-order valence-electron chi connectivity index (χ3n) is 5.53. The van der Waals surface area contributed by atoms with Gasteiger partial charge in [0.1, 0.15) is 0 Å². The Kier molecular flexibility index (Phi) is 5.69. The molecule has 2 aromatic carbocycles. The number of nitrogens with two attached hydrogens (primary N) is 2. The molecule has 1 aliphatic rings. The van der Waals surface area contributed by atoms with Crippen molar-refractivity contribution in [1.29, 1.82) is 0 Å². The van der Waals surface area contributed by atoms with Crippen LogP contribution < -0.4 is 27.2 Å². The highest BCUT2D eigenvalue weighted by Crippen LogP contribution is 2.29. The number of rotatable bonds is 4. The van der Waals surface area contributed by atoms with Crippen LogP contribution >= 0.6 is 0 Å². The minimum Gasteiger partial charge on any atom is -0.398 e. The Balaban J connectivity index is 1.64. The van der Waals surface area contributed by atoms with Crippen LogP contribution in [0.3, 0.4) is 0 Å². The Bertz CT molecular complexity index is 1210. The van der Waals surface area contributed by atoms with Gasteiger partial charge in [-0.3, -0.25) is 9.00 Å². The van der Waals surface area contributed by atoms with E-state index >= 15 is 0 Å². The molecule has 0 radical (unpaired) electrons. The van der Waals surface area contributed by atoms with Gasteiger partial charge in [0.15, 0.2) is 5.82 Å². The number of hydrogen-bond acceptors (Lipinski definition) is 7. The first-order chi connectivity index (χ1) is 14.8. The van der Waals surface area contributed by atoms with Crippen molar-refractivity contribution in [2.75, 3.05) is 46.3 Å². The fourth-order valence-electron chi connectivity index (χ4n) is 3.68. The summed E-state index contributed by atoms with van der Waals surface area (Å²) >= 11 is 0. The Morgan fingerprint density at radius 2 is 1.84 bits per heavy atom. The molecule has 4 rings (SSSR count). The van der Waals surface area contributed by atoms with Gasteiger partial charge in [0.25, 0.3) is 5.56 Å². The number of nitrogens with zero attached hydrogens (tertiary/aromatic N) is 3. The van der Waals surface area contributed by atoms with Gasteiger partial charge in [0, 0.05) is 65.6 Å². The average molecular weight is 439 g/mol. The summed E-state index contributed by atoms with van der Waals surface area (Å²) in [6.45, 7) is 3.36. The molecule has 2 heterocycles. The molecule has 0 spiro atoms. The SMILES string of the molecule is Cc1c(N)cccc1-c1cn(C)c(=O)c(Nc2ccc(N3CCS(=O)CC3)c(N)c2)n1. The first-order valence-electron chi connectivity index (χ1n) is 10.0. The normalized spacial score (nSPS) is 14.6. The summed E-state index contributed by atoms with van der Waals surface area (Å²) < 4.78 is 13.1. The van der Waals surface area contributed by atoms with E-state index in [0.717, 1.165) is 16.8 Å². The van der Waals surface area contributed by atoms with Crippen LogP contribution in [0.1, 0.15) is 5.56 Å². The van der Waals surface area contributed by atoms with E-state index in [1.807, 2.05) is 37.3 Å². The summed E-state index contributed by atoms with van der Waals surface area (Å²) in [7, 11) is 0.946. The van der Waals surface area contributed by atoms with Crippen molar-refractivity contribution in [3.05, 3.63) is 58.5 Å². The van der Waals surface area contributed by atoms with E-state index in [4.69, 9.17) is 11.5 Å². The molecule has 162 valence electrons. The van der Waals surface area contributed by atoms with Gasteiger partial charge in [-0.25, -0.2) is 4.98 Å². The predicted molar refractivity (Wildman–Crippen MR) is 128 cm³/mol. The van der Waals surface area contributed by atoms with Crippen molar-refractivity contribution in [2.45, 2.75) is 6.92 Å². The van der Waals surface area contributed by atoms with Gasteiger partial charge in [-0.15, -0.1) is 0 Å². The van der Waals surface area contributed by atoms with Gasteiger partial charge in [0.05, 0.1) is 17.1 Å². The van der Waals surface area contributed by atoms with Gasteiger partial charge >= 0.3 is 0 Å². The minimum absolute atomic E-state index is 0.211. The largest absolute Gasteiger partial charge is 0.398 e. The van der Waals surface area contributed by atoms with Gasteiger partial charge in [-0.1, -0.05) is 12.1 Å². The highest BCUT2D eigenvalue weighted by Gasteiger charge is 2.18. The smallest absolute Gasteiger partial charge is 0.293 e. The molecule has 3 aromatic rings. The van der Waals surface area contributed by atoms with Crippen molar-refractivity contribution in [3.8, 4) is 11.3 Å². The third kappa shape index (κ3) is 4.27. The van der Waals surface area contributed by atoms with Crippen LogP contribution in [0.5, 0.6) is 0 Å². The fourth-order valence-corrected chi connectivity index (χ4v) is 4.74. The van der Waals surface area contributed by atoms with E-state index in [1.54, 1.807) is 19.3 Å². The molecule has 8 nitrogen and oxygen atoms in total. The fraction of sp³-hybridized carbons (Fsp3) is 0.273. The van der Waals surface area contributed by atoms with Gasteiger partial charge in [0.2, 0.25) is 0 Å². The molecule has 1 saturated heterocycles. The molecule has 5 N–H and O–H groups in total. The molecule has 1 fully saturated rings. The van der Waals surface area contributed by atoms with E-state index in [1.165, 1.54) is 4.57 Å². The van der Waals surface area contributed by atoms with E-state index in [-0.39, 0.29) is 11.4 Å². The van der Waals surface area contributed by atoms with E-state index in [2.05, 4.69) is 15.2 Å². The van der Waals surface area contributed by atoms with Crippen LogP contribution in [-0.2, 0) is 17.8 Å². The van der Waals surface area contributed by atoms with E-state index < -0.39 is 10.8 Å². The summed E-state index contributed by atoms with van der Waals surface area (Å²) in [6.07, 6.45) is 1.70. The van der Waals surface area contributed by atoms with Crippen molar-refractivity contribution in [3.63, 3.8) is 0 Å². The average Bonchev–Trinajstić information content (AvgIpc) is 2.74. The lowest BCUT2D eigenvalue weighted by molar-refractivity contribution is 0.673. The second kappa shape index (κ2) is 8.43.